The van der Waals surface area contributed by atoms with Crippen molar-refractivity contribution in [1.82, 2.24) is 14.5 Å². The summed E-state index contributed by atoms with van der Waals surface area (Å²) in [5.74, 6) is -0.621. The number of imidazole rings is 1. The standard InChI is InChI=1S/C21H19F2N3O/c22-17-8-6-15(7-9-17)21(27)25-10-2-3-16(12-25)20-13-26(14-24-20)19-5-1-4-18(23)11-19/h1,4-9,11,13-14,16H,2-3,10,12H2. The molecule has 1 aliphatic rings. The molecule has 27 heavy (non-hydrogen) atoms. The molecule has 0 saturated carbocycles. The van der Waals surface area contributed by atoms with Crippen molar-refractivity contribution >= 4 is 5.91 Å². The molecule has 4 nitrogen and oxygen atoms in total. The molecular weight excluding hydrogens is 348 g/mol. The van der Waals surface area contributed by atoms with E-state index in [2.05, 4.69) is 4.98 Å². The van der Waals surface area contributed by atoms with Crippen molar-refractivity contribution in [2.24, 2.45) is 0 Å². The highest BCUT2D eigenvalue weighted by Gasteiger charge is 2.27. The third-order valence-corrected chi connectivity index (χ3v) is 4.93. The SMILES string of the molecule is O=C(c1ccc(F)cc1)N1CCCC(c2cn(-c3cccc(F)c3)cn2)C1. The van der Waals surface area contributed by atoms with E-state index >= 15 is 0 Å². The third kappa shape index (κ3) is 3.74. The lowest BCUT2D eigenvalue weighted by molar-refractivity contribution is 0.0706. The number of nitrogens with zero attached hydrogens (tertiary/aromatic N) is 3. The lowest BCUT2D eigenvalue weighted by Crippen LogP contribution is -2.39. The van der Waals surface area contributed by atoms with Gasteiger partial charge in [-0.3, -0.25) is 4.79 Å². The Kier molecular flexibility index (Phi) is 4.71. The van der Waals surface area contributed by atoms with Crippen LogP contribution in [0.4, 0.5) is 8.78 Å². The first-order valence-electron chi connectivity index (χ1n) is 8.95. The number of benzene rings is 2. The maximum atomic E-state index is 13.4. The number of aromatic nitrogens is 2. The fraction of sp³-hybridized carbons (Fsp3) is 0.238. The van der Waals surface area contributed by atoms with Crippen LogP contribution in [-0.4, -0.2) is 33.4 Å². The first-order valence-corrected chi connectivity index (χ1v) is 8.95. The molecule has 1 fully saturated rings. The summed E-state index contributed by atoms with van der Waals surface area (Å²) in [6.45, 7) is 1.24. The predicted molar refractivity (Wildman–Crippen MR) is 97.8 cm³/mol. The highest BCUT2D eigenvalue weighted by atomic mass is 19.1. The van der Waals surface area contributed by atoms with Crippen molar-refractivity contribution in [1.29, 1.82) is 0 Å². The summed E-state index contributed by atoms with van der Waals surface area (Å²) >= 11 is 0. The average Bonchev–Trinajstić information content (AvgIpc) is 3.18. The molecule has 4 rings (SSSR count). The Morgan fingerprint density at radius 1 is 1.07 bits per heavy atom. The lowest BCUT2D eigenvalue weighted by atomic mass is 9.94. The summed E-state index contributed by atoms with van der Waals surface area (Å²) in [4.78, 5) is 19.0. The van der Waals surface area contributed by atoms with Gasteiger partial charge in [-0.1, -0.05) is 6.07 Å². The summed E-state index contributed by atoms with van der Waals surface area (Å²) in [6.07, 6.45) is 5.38. The second-order valence-electron chi connectivity index (χ2n) is 6.78. The van der Waals surface area contributed by atoms with Gasteiger partial charge in [-0.25, -0.2) is 13.8 Å². The molecule has 1 atom stereocenters. The molecule has 0 aliphatic carbocycles. The van der Waals surface area contributed by atoms with Crippen LogP contribution in [0.3, 0.4) is 0 Å². The number of halogens is 2. The Morgan fingerprint density at radius 3 is 2.67 bits per heavy atom. The van der Waals surface area contributed by atoms with Gasteiger partial charge in [0.2, 0.25) is 0 Å². The monoisotopic (exact) mass is 367 g/mol. The molecule has 1 amide bonds. The molecule has 6 heteroatoms. The van der Waals surface area contributed by atoms with Gasteiger partial charge < -0.3 is 9.47 Å². The van der Waals surface area contributed by atoms with Crippen molar-refractivity contribution in [3.05, 3.63) is 83.9 Å². The van der Waals surface area contributed by atoms with Crippen molar-refractivity contribution in [3.63, 3.8) is 0 Å². The lowest BCUT2D eigenvalue weighted by Gasteiger charge is -2.32. The van der Waals surface area contributed by atoms with Crippen molar-refractivity contribution in [3.8, 4) is 5.69 Å². The summed E-state index contributed by atoms with van der Waals surface area (Å²) in [6, 6.07) is 12.0. The van der Waals surface area contributed by atoms with Gasteiger partial charge in [0.05, 0.1) is 12.0 Å². The Hall–Kier alpha value is -3.02. The maximum absolute atomic E-state index is 13.4. The van der Waals surface area contributed by atoms with Crippen LogP contribution in [0.5, 0.6) is 0 Å². The predicted octanol–water partition coefficient (Wildman–Crippen LogP) is 4.17. The van der Waals surface area contributed by atoms with Crippen molar-refractivity contribution in [2.45, 2.75) is 18.8 Å². The first-order chi connectivity index (χ1) is 13.1. The molecule has 0 radical (unpaired) electrons. The molecule has 2 heterocycles. The van der Waals surface area contributed by atoms with E-state index in [1.807, 2.05) is 12.3 Å². The number of hydrogen-bond acceptors (Lipinski definition) is 2. The maximum Gasteiger partial charge on any atom is 0.253 e. The van der Waals surface area contributed by atoms with Crippen molar-refractivity contribution in [2.75, 3.05) is 13.1 Å². The number of carbonyl (C=O) groups excluding carboxylic acids is 1. The Bertz CT molecular complexity index is 952. The highest BCUT2D eigenvalue weighted by molar-refractivity contribution is 5.94. The van der Waals surface area contributed by atoms with E-state index < -0.39 is 0 Å². The zero-order valence-corrected chi connectivity index (χ0v) is 14.7. The van der Waals surface area contributed by atoms with Gasteiger partial charge >= 0.3 is 0 Å². The minimum atomic E-state index is -0.356. The second kappa shape index (κ2) is 7.31. The van der Waals surface area contributed by atoms with Crippen LogP contribution in [-0.2, 0) is 0 Å². The summed E-state index contributed by atoms with van der Waals surface area (Å²) in [7, 11) is 0. The summed E-state index contributed by atoms with van der Waals surface area (Å²) in [5, 5.41) is 0. The first kappa shape index (κ1) is 17.4. The molecule has 0 N–H and O–H groups in total. The molecule has 1 saturated heterocycles. The minimum absolute atomic E-state index is 0.0933. The number of piperidine rings is 1. The van der Waals surface area contributed by atoms with Gasteiger partial charge in [-0.2, -0.15) is 0 Å². The Balaban J connectivity index is 1.50. The zero-order chi connectivity index (χ0) is 18.8. The molecule has 1 aliphatic heterocycles. The normalized spacial score (nSPS) is 17.1. The van der Waals surface area contributed by atoms with Crippen molar-refractivity contribution < 1.29 is 13.6 Å². The molecule has 1 unspecified atom stereocenters. The van der Waals surface area contributed by atoms with Crippen LogP contribution in [0.15, 0.2) is 61.1 Å². The number of carbonyl (C=O) groups is 1. The number of rotatable bonds is 3. The molecule has 2 aromatic carbocycles. The topological polar surface area (TPSA) is 38.1 Å². The molecule has 0 bridgehead atoms. The third-order valence-electron chi connectivity index (χ3n) is 4.93. The zero-order valence-electron chi connectivity index (χ0n) is 14.7. The van der Waals surface area contributed by atoms with Crippen LogP contribution in [0.25, 0.3) is 5.69 Å². The van der Waals surface area contributed by atoms with Crippen LogP contribution in [0, 0.1) is 11.6 Å². The number of likely N-dealkylation sites (tertiary alicyclic amines) is 1. The Morgan fingerprint density at radius 2 is 1.89 bits per heavy atom. The quantitative estimate of drug-likeness (QED) is 0.697. The van der Waals surface area contributed by atoms with Crippen LogP contribution in [0.1, 0.15) is 34.8 Å². The summed E-state index contributed by atoms with van der Waals surface area (Å²) < 4.78 is 28.3. The van der Waals surface area contributed by atoms with Gasteiger partial charge in [0.25, 0.3) is 5.91 Å². The van der Waals surface area contributed by atoms with E-state index in [1.165, 1.54) is 36.4 Å². The van der Waals surface area contributed by atoms with E-state index in [0.717, 1.165) is 18.5 Å². The largest absolute Gasteiger partial charge is 0.338 e. The van der Waals surface area contributed by atoms with Crippen LogP contribution < -0.4 is 0 Å². The number of amides is 1. The molecule has 1 aromatic heterocycles. The number of hydrogen-bond donors (Lipinski definition) is 0. The van der Waals surface area contributed by atoms with Gasteiger partial charge in [0, 0.05) is 36.5 Å². The van der Waals surface area contributed by atoms with Gasteiger partial charge in [0.15, 0.2) is 0 Å². The minimum Gasteiger partial charge on any atom is -0.338 e. The fourth-order valence-corrected chi connectivity index (χ4v) is 3.50. The fourth-order valence-electron chi connectivity index (χ4n) is 3.50. The van der Waals surface area contributed by atoms with E-state index in [4.69, 9.17) is 0 Å². The second-order valence-corrected chi connectivity index (χ2v) is 6.78. The van der Waals surface area contributed by atoms with Gasteiger partial charge in [-0.15, -0.1) is 0 Å². The molecule has 0 spiro atoms. The molecular formula is C21H19F2N3O. The summed E-state index contributed by atoms with van der Waals surface area (Å²) in [5.41, 5.74) is 2.09. The van der Waals surface area contributed by atoms with E-state index in [1.54, 1.807) is 21.9 Å². The smallest absolute Gasteiger partial charge is 0.253 e. The molecule has 3 aromatic rings. The van der Waals surface area contributed by atoms with Crippen LogP contribution in [0.2, 0.25) is 0 Å². The van der Waals surface area contributed by atoms with Crippen LogP contribution >= 0.6 is 0 Å². The van der Waals surface area contributed by atoms with Gasteiger partial charge in [0.1, 0.15) is 11.6 Å². The van der Waals surface area contributed by atoms with Gasteiger partial charge in [-0.05, 0) is 55.3 Å². The average molecular weight is 367 g/mol. The van der Waals surface area contributed by atoms with E-state index in [0.29, 0.717) is 24.3 Å². The Labute approximate surface area is 156 Å². The molecule has 138 valence electrons. The van der Waals surface area contributed by atoms with E-state index in [-0.39, 0.29) is 23.5 Å². The van der Waals surface area contributed by atoms with E-state index in [9.17, 15) is 13.6 Å². The highest BCUT2D eigenvalue weighted by Crippen LogP contribution is 2.27.